The molecule has 2 nitrogen and oxygen atoms in total. The van der Waals surface area contributed by atoms with Crippen LogP contribution in [-0.4, -0.2) is 4.98 Å². The van der Waals surface area contributed by atoms with Crippen molar-refractivity contribution in [1.29, 1.82) is 0 Å². The molecule has 2 heteroatoms. The highest BCUT2D eigenvalue weighted by Gasteiger charge is 2.20. The monoisotopic (exact) mass is 190 g/mol. The molecule has 1 atom stereocenters. The zero-order valence-electron chi connectivity index (χ0n) is 8.74. The molecule has 0 radical (unpaired) electrons. The van der Waals surface area contributed by atoms with Gasteiger partial charge in [-0.05, 0) is 37.0 Å². The highest BCUT2D eigenvalue weighted by Crippen LogP contribution is 2.33. The topological polar surface area (TPSA) is 38.9 Å². The van der Waals surface area contributed by atoms with Gasteiger partial charge in [-0.15, -0.1) is 0 Å². The molecule has 1 aromatic heterocycles. The standard InChI is InChI=1S/C12H18N2/c1-9-7-11(5-6-14-9)12(13)8-10-3-2-4-10/h5-7,10,12H,2-4,8,13H2,1H3. The molecule has 0 aromatic carbocycles. The summed E-state index contributed by atoms with van der Waals surface area (Å²) in [4.78, 5) is 4.18. The van der Waals surface area contributed by atoms with Gasteiger partial charge >= 0.3 is 0 Å². The van der Waals surface area contributed by atoms with Crippen molar-refractivity contribution in [2.24, 2.45) is 11.7 Å². The summed E-state index contributed by atoms with van der Waals surface area (Å²) in [5.74, 6) is 0.874. The molecule has 1 aliphatic rings. The van der Waals surface area contributed by atoms with E-state index in [1.807, 2.05) is 19.2 Å². The molecule has 0 spiro atoms. The SMILES string of the molecule is Cc1cc(C(N)CC2CCC2)ccn1. The number of rotatable bonds is 3. The molecule has 1 heterocycles. The Morgan fingerprint density at radius 2 is 2.36 bits per heavy atom. The van der Waals surface area contributed by atoms with Crippen LogP contribution >= 0.6 is 0 Å². The van der Waals surface area contributed by atoms with Crippen LogP contribution in [0.4, 0.5) is 0 Å². The summed E-state index contributed by atoms with van der Waals surface area (Å²) in [5.41, 5.74) is 8.45. The maximum absolute atomic E-state index is 6.15. The largest absolute Gasteiger partial charge is 0.324 e. The smallest absolute Gasteiger partial charge is 0.0375 e. The summed E-state index contributed by atoms with van der Waals surface area (Å²) < 4.78 is 0. The first-order valence-electron chi connectivity index (χ1n) is 5.44. The Morgan fingerprint density at radius 1 is 1.57 bits per heavy atom. The normalized spacial score (nSPS) is 19.0. The first-order chi connectivity index (χ1) is 6.75. The number of pyridine rings is 1. The van der Waals surface area contributed by atoms with Crippen molar-refractivity contribution < 1.29 is 0 Å². The number of nitrogens with zero attached hydrogens (tertiary/aromatic N) is 1. The highest BCUT2D eigenvalue weighted by atomic mass is 14.7. The van der Waals surface area contributed by atoms with Crippen LogP contribution in [0.5, 0.6) is 0 Å². The summed E-state index contributed by atoms with van der Waals surface area (Å²) in [7, 11) is 0. The molecule has 1 fully saturated rings. The minimum absolute atomic E-state index is 0.210. The van der Waals surface area contributed by atoms with Gasteiger partial charge in [0.1, 0.15) is 0 Å². The molecule has 14 heavy (non-hydrogen) atoms. The van der Waals surface area contributed by atoms with Crippen LogP contribution < -0.4 is 5.73 Å². The lowest BCUT2D eigenvalue weighted by atomic mass is 9.80. The van der Waals surface area contributed by atoms with Gasteiger partial charge < -0.3 is 5.73 Å². The molecule has 2 rings (SSSR count). The van der Waals surface area contributed by atoms with E-state index in [2.05, 4.69) is 11.1 Å². The molecule has 0 aliphatic heterocycles. The minimum Gasteiger partial charge on any atom is -0.324 e. The van der Waals surface area contributed by atoms with Gasteiger partial charge in [-0.2, -0.15) is 0 Å². The van der Waals surface area contributed by atoms with Gasteiger partial charge in [-0.1, -0.05) is 19.3 Å². The fourth-order valence-corrected chi connectivity index (χ4v) is 2.02. The van der Waals surface area contributed by atoms with E-state index in [0.717, 1.165) is 18.0 Å². The Hall–Kier alpha value is -0.890. The van der Waals surface area contributed by atoms with Gasteiger partial charge in [-0.3, -0.25) is 4.98 Å². The van der Waals surface area contributed by atoms with Crippen molar-refractivity contribution in [1.82, 2.24) is 4.98 Å². The van der Waals surface area contributed by atoms with Crippen LogP contribution in [0.3, 0.4) is 0 Å². The fourth-order valence-electron chi connectivity index (χ4n) is 2.02. The quantitative estimate of drug-likeness (QED) is 0.795. The Balaban J connectivity index is 1.98. The van der Waals surface area contributed by atoms with Gasteiger partial charge in [0, 0.05) is 17.9 Å². The van der Waals surface area contributed by atoms with E-state index in [-0.39, 0.29) is 6.04 Å². The molecule has 76 valence electrons. The molecule has 0 amide bonds. The highest BCUT2D eigenvalue weighted by molar-refractivity contribution is 5.19. The summed E-state index contributed by atoms with van der Waals surface area (Å²) in [5, 5.41) is 0. The summed E-state index contributed by atoms with van der Waals surface area (Å²) in [6.07, 6.45) is 7.14. The van der Waals surface area contributed by atoms with Gasteiger partial charge in [0.05, 0.1) is 0 Å². The second-order valence-corrected chi connectivity index (χ2v) is 4.37. The summed E-state index contributed by atoms with van der Waals surface area (Å²) >= 11 is 0. The van der Waals surface area contributed by atoms with E-state index in [1.54, 1.807) is 0 Å². The predicted molar refractivity (Wildman–Crippen MR) is 57.9 cm³/mol. The average Bonchev–Trinajstić information content (AvgIpc) is 2.11. The Morgan fingerprint density at radius 3 is 2.93 bits per heavy atom. The number of aryl methyl sites for hydroxylation is 1. The molecule has 1 aliphatic carbocycles. The molecule has 0 saturated heterocycles. The minimum atomic E-state index is 0.210. The third-order valence-electron chi connectivity index (χ3n) is 3.16. The molecule has 1 saturated carbocycles. The predicted octanol–water partition coefficient (Wildman–Crippen LogP) is 2.58. The number of nitrogens with two attached hydrogens (primary N) is 1. The Labute approximate surface area is 85.5 Å². The molecular weight excluding hydrogens is 172 g/mol. The van der Waals surface area contributed by atoms with E-state index >= 15 is 0 Å². The van der Waals surface area contributed by atoms with Gasteiger partial charge in [-0.25, -0.2) is 0 Å². The first kappa shape index (κ1) is 9.66. The summed E-state index contributed by atoms with van der Waals surface area (Å²) in [6, 6.07) is 4.35. The van der Waals surface area contributed by atoms with E-state index in [9.17, 15) is 0 Å². The third kappa shape index (κ3) is 2.13. The summed E-state index contributed by atoms with van der Waals surface area (Å²) in [6.45, 7) is 2.01. The zero-order valence-corrected chi connectivity index (χ0v) is 8.74. The van der Waals surface area contributed by atoms with E-state index in [4.69, 9.17) is 5.73 Å². The van der Waals surface area contributed by atoms with Crippen LogP contribution in [-0.2, 0) is 0 Å². The first-order valence-corrected chi connectivity index (χ1v) is 5.44. The molecule has 2 N–H and O–H groups in total. The van der Waals surface area contributed by atoms with Crippen LogP contribution in [0.2, 0.25) is 0 Å². The molecule has 1 unspecified atom stereocenters. The molecular formula is C12H18N2. The van der Waals surface area contributed by atoms with Crippen molar-refractivity contribution >= 4 is 0 Å². The Bertz CT molecular complexity index is 305. The maximum Gasteiger partial charge on any atom is 0.0375 e. The van der Waals surface area contributed by atoms with Crippen LogP contribution in [0, 0.1) is 12.8 Å². The van der Waals surface area contributed by atoms with Crippen LogP contribution in [0.15, 0.2) is 18.3 Å². The zero-order chi connectivity index (χ0) is 9.97. The third-order valence-corrected chi connectivity index (χ3v) is 3.16. The Kier molecular flexibility index (Phi) is 2.82. The molecule has 0 bridgehead atoms. The molecule has 1 aromatic rings. The second-order valence-electron chi connectivity index (χ2n) is 4.37. The van der Waals surface area contributed by atoms with E-state index in [0.29, 0.717) is 0 Å². The number of aromatic nitrogens is 1. The van der Waals surface area contributed by atoms with Crippen LogP contribution in [0.1, 0.15) is 43.0 Å². The van der Waals surface area contributed by atoms with Crippen molar-refractivity contribution in [3.8, 4) is 0 Å². The van der Waals surface area contributed by atoms with Crippen molar-refractivity contribution in [3.05, 3.63) is 29.6 Å². The lowest BCUT2D eigenvalue weighted by Gasteiger charge is -2.28. The van der Waals surface area contributed by atoms with Crippen molar-refractivity contribution in [2.45, 2.75) is 38.6 Å². The number of hydrogen-bond donors (Lipinski definition) is 1. The van der Waals surface area contributed by atoms with E-state index < -0.39 is 0 Å². The van der Waals surface area contributed by atoms with E-state index in [1.165, 1.54) is 24.8 Å². The van der Waals surface area contributed by atoms with Crippen LogP contribution in [0.25, 0.3) is 0 Å². The van der Waals surface area contributed by atoms with Crippen molar-refractivity contribution in [3.63, 3.8) is 0 Å². The fraction of sp³-hybridized carbons (Fsp3) is 0.583. The van der Waals surface area contributed by atoms with Gasteiger partial charge in [0.15, 0.2) is 0 Å². The number of hydrogen-bond acceptors (Lipinski definition) is 2. The lowest BCUT2D eigenvalue weighted by molar-refractivity contribution is 0.277. The van der Waals surface area contributed by atoms with Gasteiger partial charge in [0.2, 0.25) is 0 Å². The maximum atomic E-state index is 6.15. The lowest BCUT2D eigenvalue weighted by Crippen LogP contribution is -2.20. The van der Waals surface area contributed by atoms with Gasteiger partial charge in [0.25, 0.3) is 0 Å². The average molecular weight is 190 g/mol. The van der Waals surface area contributed by atoms with Crippen molar-refractivity contribution in [2.75, 3.05) is 0 Å². The second kappa shape index (κ2) is 4.09.